The molecular formula is C19H20N4O2S. The lowest BCUT2D eigenvalue weighted by molar-refractivity contribution is -0.113. The van der Waals surface area contributed by atoms with Gasteiger partial charge in [0.15, 0.2) is 0 Å². The number of carbonyl (C=O) groups excluding carboxylic acids is 1. The number of hydrogen-bond donors (Lipinski definition) is 2. The number of aromatic nitrogens is 3. The van der Waals surface area contributed by atoms with E-state index in [2.05, 4.69) is 20.5 Å². The second kappa shape index (κ2) is 8.53. The number of benzene rings is 2. The minimum absolute atomic E-state index is 0.0780. The molecule has 1 amide bonds. The average Bonchev–Trinajstić information content (AvgIpc) is 3.10. The summed E-state index contributed by atoms with van der Waals surface area (Å²) in [4.78, 5) is 16.5. The third-order valence-corrected chi connectivity index (χ3v) is 4.64. The lowest BCUT2D eigenvalue weighted by Crippen LogP contribution is -2.14. The van der Waals surface area contributed by atoms with Crippen LogP contribution in [-0.2, 0) is 11.2 Å². The second-order valence-corrected chi connectivity index (χ2v) is 6.68. The molecule has 0 bridgehead atoms. The molecule has 2 N–H and O–H groups in total. The molecule has 134 valence electrons. The number of nitrogens with one attached hydrogen (secondary N) is 2. The lowest BCUT2D eigenvalue weighted by atomic mass is 10.1. The Labute approximate surface area is 156 Å². The molecule has 0 saturated heterocycles. The molecule has 0 unspecified atom stereocenters. The zero-order valence-electron chi connectivity index (χ0n) is 14.7. The van der Waals surface area contributed by atoms with Crippen molar-refractivity contribution < 1.29 is 9.53 Å². The van der Waals surface area contributed by atoms with Crippen LogP contribution in [-0.4, -0.2) is 34.0 Å². The third kappa shape index (κ3) is 4.86. The van der Waals surface area contributed by atoms with E-state index in [0.717, 1.165) is 28.4 Å². The number of thioether (sulfide) groups is 1. The van der Waals surface area contributed by atoms with Gasteiger partial charge in [0.1, 0.15) is 11.6 Å². The molecule has 2 aromatic carbocycles. The standard InChI is InChI=1S/C19H20N4O2S/c1-13-5-3-4-6-16(13)20-18(24)12-26-19-21-17(22-23-19)11-14-7-9-15(25-2)10-8-14/h3-10H,11-12H2,1-2H3,(H,20,24)(H,21,22,23). The maximum absolute atomic E-state index is 12.1. The van der Waals surface area contributed by atoms with Gasteiger partial charge in [-0.15, -0.1) is 5.10 Å². The van der Waals surface area contributed by atoms with Crippen molar-refractivity contribution in [1.82, 2.24) is 15.2 Å². The molecule has 6 nitrogen and oxygen atoms in total. The minimum Gasteiger partial charge on any atom is -0.497 e. The first-order chi connectivity index (χ1) is 12.6. The average molecular weight is 368 g/mol. The van der Waals surface area contributed by atoms with Crippen molar-refractivity contribution in [2.45, 2.75) is 18.5 Å². The number of nitrogens with zero attached hydrogens (tertiary/aromatic N) is 2. The van der Waals surface area contributed by atoms with Crippen molar-refractivity contribution in [3.8, 4) is 5.75 Å². The Morgan fingerprint density at radius 3 is 2.69 bits per heavy atom. The lowest BCUT2D eigenvalue weighted by Gasteiger charge is -2.06. The van der Waals surface area contributed by atoms with Gasteiger partial charge in [-0.25, -0.2) is 4.98 Å². The van der Waals surface area contributed by atoms with Crippen molar-refractivity contribution >= 4 is 23.4 Å². The molecule has 0 aliphatic carbocycles. The van der Waals surface area contributed by atoms with E-state index in [-0.39, 0.29) is 11.7 Å². The van der Waals surface area contributed by atoms with Crippen LogP contribution < -0.4 is 10.1 Å². The molecule has 0 atom stereocenters. The number of aryl methyl sites for hydroxylation is 1. The van der Waals surface area contributed by atoms with E-state index < -0.39 is 0 Å². The van der Waals surface area contributed by atoms with Crippen molar-refractivity contribution in [2.75, 3.05) is 18.2 Å². The molecule has 0 saturated carbocycles. The van der Waals surface area contributed by atoms with Crippen molar-refractivity contribution in [3.63, 3.8) is 0 Å². The Morgan fingerprint density at radius 2 is 1.96 bits per heavy atom. The Balaban J connectivity index is 1.51. The topological polar surface area (TPSA) is 79.9 Å². The van der Waals surface area contributed by atoms with Crippen molar-refractivity contribution in [1.29, 1.82) is 0 Å². The molecule has 7 heteroatoms. The summed E-state index contributed by atoms with van der Waals surface area (Å²) >= 11 is 1.31. The first-order valence-corrected chi connectivity index (χ1v) is 9.15. The highest BCUT2D eigenvalue weighted by molar-refractivity contribution is 7.99. The molecule has 3 aromatic rings. The van der Waals surface area contributed by atoms with Crippen LogP contribution in [0, 0.1) is 6.92 Å². The summed E-state index contributed by atoms with van der Waals surface area (Å²) in [5.41, 5.74) is 2.97. The molecule has 1 aromatic heterocycles. The van der Waals surface area contributed by atoms with E-state index in [1.807, 2.05) is 55.5 Å². The van der Waals surface area contributed by atoms with Gasteiger partial charge in [-0.1, -0.05) is 42.1 Å². The summed E-state index contributed by atoms with van der Waals surface area (Å²) in [5.74, 6) is 1.76. The maximum Gasteiger partial charge on any atom is 0.234 e. The molecular weight excluding hydrogens is 348 g/mol. The highest BCUT2D eigenvalue weighted by Gasteiger charge is 2.09. The summed E-state index contributed by atoms with van der Waals surface area (Å²) in [6.07, 6.45) is 0.646. The van der Waals surface area contributed by atoms with Crippen LogP contribution in [0.4, 0.5) is 5.69 Å². The summed E-state index contributed by atoms with van der Waals surface area (Å²) in [5, 5.41) is 10.5. The van der Waals surface area contributed by atoms with Crippen LogP contribution >= 0.6 is 11.8 Å². The number of ether oxygens (including phenoxy) is 1. The Morgan fingerprint density at radius 1 is 1.19 bits per heavy atom. The van der Waals surface area contributed by atoms with Gasteiger partial charge in [0.2, 0.25) is 11.1 Å². The largest absolute Gasteiger partial charge is 0.497 e. The quantitative estimate of drug-likeness (QED) is 0.625. The molecule has 0 radical (unpaired) electrons. The third-order valence-electron chi connectivity index (χ3n) is 3.79. The van der Waals surface area contributed by atoms with E-state index >= 15 is 0 Å². The fraction of sp³-hybridized carbons (Fsp3) is 0.211. The first kappa shape index (κ1) is 18.0. The zero-order chi connectivity index (χ0) is 18.4. The van der Waals surface area contributed by atoms with Gasteiger partial charge in [0.25, 0.3) is 0 Å². The van der Waals surface area contributed by atoms with Gasteiger partial charge in [0, 0.05) is 12.1 Å². The van der Waals surface area contributed by atoms with E-state index in [1.165, 1.54) is 11.8 Å². The Kier molecular flexibility index (Phi) is 5.91. The van der Waals surface area contributed by atoms with Crippen LogP contribution in [0.1, 0.15) is 17.0 Å². The van der Waals surface area contributed by atoms with Gasteiger partial charge < -0.3 is 10.1 Å². The summed E-state index contributed by atoms with van der Waals surface area (Å²) < 4.78 is 5.15. The number of aromatic amines is 1. The van der Waals surface area contributed by atoms with Gasteiger partial charge in [-0.3, -0.25) is 9.89 Å². The van der Waals surface area contributed by atoms with Crippen LogP contribution in [0.2, 0.25) is 0 Å². The summed E-state index contributed by atoms with van der Waals surface area (Å²) in [6.45, 7) is 1.96. The number of anilines is 1. The fourth-order valence-electron chi connectivity index (χ4n) is 2.39. The number of para-hydroxylation sites is 1. The SMILES string of the molecule is COc1ccc(Cc2nc(SCC(=O)Nc3ccccc3C)n[nH]2)cc1. The molecule has 0 spiro atoms. The number of carbonyl (C=O) groups is 1. The molecule has 3 rings (SSSR count). The predicted octanol–water partition coefficient (Wildman–Crippen LogP) is 3.44. The molecule has 1 heterocycles. The number of hydrogen-bond acceptors (Lipinski definition) is 5. The smallest absolute Gasteiger partial charge is 0.234 e. The number of amides is 1. The molecule has 0 fully saturated rings. The highest BCUT2D eigenvalue weighted by Crippen LogP contribution is 2.18. The molecule has 26 heavy (non-hydrogen) atoms. The van der Waals surface area contributed by atoms with Crippen molar-refractivity contribution in [2.24, 2.45) is 0 Å². The van der Waals surface area contributed by atoms with E-state index in [4.69, 9.17) is 4.74 Å². The normalized spacial score (nSPS) is 10.5. The van der Waals surface area contributed by atoms with E-state index in [1.54, 1.807) is 7.11 Å². The van der Waals surface area contributed by atoms with Gasteiger partial charge in [-0.2, -0.15) is 0 Å². The van der Waals surface area contributed by atoms with Crippen molar-refractivity contribution in [3.05, 3.63) is 65.5 Å². The Bertz CT molecular complexity index is 877. The maximum atomic E-state index is 12.1. The fourth-order valence-corrected chi connectivity index (χ4v) is 3.00. The van der Waals surface area contributed by atoms with Crippen LogP contribution in [0.3, 0.4) is 0 Å². The second-order valence-electron chi connectivity index (χ2n) is 5.74. The van der Waals surface area contributed by atoms with Crippen LogP contribution in [0.25, 0.3) is 0 Å². The first-order valence-electron chi connectivity index (χ1n) is 8.16. The van der Waals surface area contributed by atoms with E-state index in [9.17, 15) is 4.79 Å². The number of rotatable bonds is 7. The number of H-pyrrole nitrogens is 1. The monoisotopic (exact) mass is 368 g/mol. The highest BCUT2D eigenvalue weighted by atomic mass is 32.2. The summed E-state index contributed by atoms with van der Waals surface area (Å²) in [6, 6.07) is 15.5. The minimum atomic E-state index is -0.0780. The van der Waals surface area contributed by atoms with E-state index in [0.29, 0.717) is 11.6 Å². The number of methoxy groups -OCH3 is 1. The predicted molar refractivity (Wildman–Crippen MR) is 103 cm³/mol. The zero-order valence-corrected chi connectivity index (χ0v) is 15.5. The molecule has 0 aliphatic heterocycles. The van der Waals surface area contributed by atoms with Gasteiger partial charge in [-0.05, 0) is 36.2 Å². The molecule has 0 aliphatic rings. The van der Waals surface area contributed by atoms with Gasteiger partial charge in [0.05, 0.1) is 12.9 Å². The van der Waals surface area contributed by atoms with Gasteiger partial charge >= 0.3 is 0 Å². The van der Waals surface area contributed by atoms with Crippen LogP contribution in [0.15, 0.2) is 53.7 Å². The van der Waals surface area contributed by atoms with Crippen LogP contribution in [0.5, 0.6) is 5.75 Å². The summed E-state index contributed by atoms with van der Waals surface area (Å²) in [7, 11) is 1.64. The Hall–Kier alpha value is -2.80.